The minimum atomic E-state index is -5.05. The molecule has 0 aromatic heterocycles. The molecule has 0 aliphatic carbocycles. The number of likely N-dealkylation sites (N-methyl/N-ethyl adjacent to an activating group) is 2. The van der Waals surface area contributed by atoms with E-state index in [0.29, 0.717) is 36.0 Å². The molecule has 0 atom stereocenters. The van der Waals surface area contributed by atoms with Gasteiger partial charge in [0.1, 0.15) is 0 Å². The van der Waals surface area contributed by atoms with Crippen molar-refractivity contribution in [3.05, 3.63) is 0 Å². The van der Waals surface area contributed by atoms with Crippen molar-refractivity contribution >= 4 is 11.8 Å². The number of piperazine rings is 2. The van der Waals surface area contributed by atoms with Gasteiger partial charge in [0, 0.05) is 52.4 Å². The Labute approximate surface area is 137 Å². The number of rotatable bonds is 3. The van der Waals surface area contributed by atoms with Crippen LogP contribution >= 0.6 is 0 Å². The van der Waals surface area contributed by atoms with Crippen molar-refractivity contribution in [2.45, 2.75) is 11.8 Å². The van der Waals surface area contributed by atoms with Crippen LogP contribution in [0.5, 0.6) is 0 Å². The summed E-state index contributed by atoms with van der Waals surface area (Å²) in [6.07, 6.45) is 0. The summed E-state index contributed by atoms with van der Waals surface area (Å²) in [5, 5.41) is 0. The molecule has 0 aromatic carbocycles. The third-order valence-corrected chi connectivity index (χ3v) is 4.51. The fourth-order valence-electron chi connectivity index (χ4n) is 2.68. The summed E-state index contributed by atoms with van der Waals surface area (Å²) >= 11 is 0. The normalized spacial score (nSPS) is 21.9. The van der Waals surface area contributed by atoms with Gasteiger partial charge in [0.2, 0.25) is 0 Å². The molecule has 2 aliphatic heterocycles. The zero-order chi connectivity index (χ0) is 18.1. The Balaban J connectivity index is 2.10. The van der Waals surface area contributed by atoms with Gasteiger partial charge in [-0.1, -0.05) is 0 Å². The second-order valence-corrected chi connectivity index (χ2v) is 6.34. The van der Waals surface area contributed by atoms with Gasteiger partial charge in [0.05, 0.1) is 0 Å². The lowest BCUT2D eigenvalue weighted by molar-refractivity contribution is -0.224. The molecule has 0 spiro atoms. The van der Waals surface area contributed by atoms with Crippen molar-refractivity contribution in [3.8, 4) is 0 Å². The molecule has 2 aliphatic rings. The van der Waals surface area contributed by atoms with Gasteiger partial charge < -0.3 is 19.6 Å². The zero-order valence-electron chi connectivity index (χ0n) is 13.8. The number of hydrogen-bond acceptors (Lipinski definition) is 4. The van der Waals surface area contributed by atoms with Crippen LogP contribution in [0, 0.1) is 0 Å². The van der Waals surface area contributed by atoms with E-state index in [1.165, 1.54) is 0 Å². The van der Waals surface area contributed by atoms with Crippen molar-refractivity contribution in [1.82, 2.24) is 19.6 Å². The van der Waals surface area contributed by atoms with Gasteiger partial charge in [-0.15, -0.1) is 0 Å². The van der Waals surface area contributed by atoms with Crippen LogP contribution in [0.2, 0.25) is 0 Å². The Morgan fingerprint density at radius 3 is 1.12 bits per heavy atom. The largest absolute Gasteiger partial charge is 0.395 e. The van der Waals surface area contributed by atoms with Crippen LogP contribution in [-0.4, -0.2) is 110 Å². The Bertz CT molecular complexity index is 443. The third kappa shape index (κ3) is 3.49. The highest BCUT2D eigenvalue weighted by molar-refractivity contribution is 5.95. The Morgan fingerprint density at radius 2 is 0.875 bits per heavy atom. The number of carbonyl (C=O) groups is 2. The highest BCUT2D eigenvalue weighted by Gasteiger charge is 2.68. The van der Waals surface area contributed by atoms with Crippen molar-refractivity contribution < 1.29 is 27.2 Å². The monoisotopic (exact) mass is 354 g/mol. The standard InChI is InChI=1S/C14H22F4N4O2/c1-19-3-7-21(8-4-19)11(23)13(15,16)14(17,18)12(24)22-9-5-20(2)6-10-22/h3-10H2,1-2H3. The SMILES string of the molecule is CN1CCN(C(=O)C(F)(F)C(F)(F)C(=O)N2CCN(C)CC2)CC1. The summed E-state index contributed by atoms with van der Waals surface area (Å²) in [6.45, 7) is 1.01. The van der Waals surface area contributed by atoms with Gasteiger partial charge in [0.25, 0.3) is 11.8 Å². The Morgan fingerprint density at radius 1 is 0.625 bits per heavy atom. The quantitative estimate of drug-likeness (QED) is 0.659. The molecule has 6 nitrogen and oxygen atoms in total. The molecule has 0 unspecified atom stereocenters. The molecule has 2 rings (SSSR count). The number of halogens is 4. The van der Waals surface area contributed by atoms with E-state index in [1.54, 1.807) is 23.9 Å². The molecule has 0 saturated carbocycles. The molecule has 2 heterocycles. The van der Waals surface area contributed by atoms with E-state index in [9.17, 15) is 27.2 Å². The summed E-state index contributed by atoms with van der Waals surface area (Å²) < 4.78 is 56.6. The van der Waals surface area contributed by atoms with E-state index < -0.39 is 23.7 Å². The van der Waals surface area contributed by atoms with Crippen molar-refractivity contribution in [1.29, 1.82) is 0 Å². The predicted molar refractivity (Wildman–Crippen MR) is 78.0 cm³/mol. The summed E-state index contributed by atoms with van der Waals surface area (Å²) in [6, 6.07) is 0. The molecular formula is C14H22F4N4O2. The molecule has 2 saturated heterocycles. The summed E-state index contributed by atoms with van der Waals surface area (Å²) in [5.74, 6) is -14.1. The molecule has 0 radical (unpaired) electrons. The molecule has 10 heteroatoms. The van der Waals surface area contributed by atoms with E-state index in [-0.39, 0.29) is 26.2 Å². The molecular weight excluding hydrogens is 332 g/mol. The average molecular weight is 354 g/mol. The summed E-state index contributed by atoms with van der Waals surface area (Å²) in [7, 11) is 3.48. The number of nitrogens with zero attached hydrogens (tertiary/aromatic N) is 4. The van der Waals surface area contributed by atoms with Gasteiger partial charge in [-0.25, -0.2) is 0 Å². The van der Waals surface area contributed by atoms with Crippen LogP contribution in [-0.2, 0) is 9.59 Å². The molecule has 24 heavy (non-hydrogen) atoms. The van der Waals surface area contributed by atoms with Crippen molar-refractivity contribution in [3.63, 3.8) is 0 Å². The van der Waals surface area contributed by atoms with E-state index in [4.69, 9.17) is 0 Å². The fourth-order valence-corrected chi connectivity index (χ4v) is 2.68. The van der Waals surface area contributed by atoms with Crippen LogP contribution in [0.4, 0.5) is 17.6 Å². The lowest BCUT2D eigenvalue weighted by Crippen LogP contribution is -2.64. The third-order valence-electron chi connectivity index (χ3n) is 4.51. The minimum absolute atomic E-state index is 0.0658. The number of amides is 2. The first-order valence-corrected chi connectivity index (χ1v) is 7.79. The van der Waals surface area contributed by atoms with Crippen molar-refractivity contribution in [2.75, 3.05) is 66.5 Å². The second kappa shape index (κ2) is 6.83. The van der Waals surface area contributed by atoms with Gasteiger partial charge in [-0.2, -0.15) is 17.6 Å². The summed E-state index contributed by atoms with van der Waals surface area (Å²) in [5.41, 5.74) is 0. The lowest BCUT2D eigenvalue weighted by atomic mass is 10.1. The van der Waals surface area contributed by atoms with Gasteiger partial charge in [0.15, 0.2) is 0 Å². The van der Waals surface area contributed by atoms with E-state index in [2.05, 4.69) is 0 Å². The van der Waals surface area contributed by atoms with Crippen LogP contribution in [0.25, 0.3) is 0 Å². The molecule has 2 fully saturated rings. The number of carbonyl (C=O) groups excluding carboxylic acids is 2. The lowest BCUT2D eigenvalue weighted by Gasteiger charge is -2.38. The first-order chi connectivity index (χ1) is 11.1. The first-order valence-electron chi connectivity index (χ1n) is 7.79. The van der Waals surface area contributed by atoms with Crippen LogP contribution in [0.15, 0.2) is 0 Å². The van der Waals surface area contributed by atoms with E-state index >= 15 is 0 Å². The Kier molecular flexibility index (Phi) is 5.38. The molecule has 0 bridgehead atoms. The maximum absolute atomic E-state index is 14.1. The first kappa shape index (κ1) is 18.9. The molecule has 2 amide bonds. The molecule has 0 N–H and O–H groups in total. The maximum atomic E-state index is 14.1. The van der Waals surface area contributed by atoms with Crippen LogP contribution < -0.4 is 0 Å². The topological polar surface area (TPSA) is 47.1 Å². The second-order valence-electron chi connectivity index (χ2n) is 6.34. The number of hydrogen-bond donors (Lipinski definition) is 0. The van der Waals surface area contributed by atoms with E-state index in [1.807, 2.05) is 0 Å². The predicted octanol–water partition coefficient (Wildman–Crippen LogP) is -0.195. The minimum Gasteiger partial charge on any atom is -0.335 e. The Hall–Kier alpha value is -1.42. The number of alkyl halides is 4. The zero-order valence-corrected chi connectivity index (χ0v) is 13.8. The van der Waals surface area contributed by atoms with Crippen LogP contribution in [0.3, 0.4) is 0 Å². The highest BCUT2D eigenvalue weighted by atomic mass is 19.3. The average Bonchev–Trinajstić information content (AvgIpc) is 2.54. The molecule has 0 aromatic rings. The molecule has 138 valence electrons. The maximum Gasteiger partial charge on any atom is 0.395 e. The summed E-state index contributed by atoms with van der Waals surface area (Å²) in [4.78, 5) is 28.8. The van der Waals surface area contributed by atoms with Crippen LogP contribution in [0.1, 0.15) is 0 Å². The van der Waals surface area contributed by atoms with Gasteiger partial charge >= 0.3 is 11.8 Å². The van der Waals surface area contributed by atoms with Gasteiger partial charge in [-0.05, 0) is 14.1 Å². The van der Waals surface area contributed by atoms with E-state index in [0.717, 1.165) is 0 Å². The smallest absolute Gasteiger partial charge is 0.335 e. The fraction of sp³-hybridized carbons (Fsp3) is 0.857. The highest BCUT2D eigenvalue weighted by Crippen LogP contribution is 2.37. The van der Waals surface area contributed by atoms with Crippen molar-refractivity contribution in [2.24, 2.45) is 0 Å². The van der Waals surface area contributed by atoms with Gasteiger partial charge in [-0.3, -0.25) is 9.59 Å².